The van der Waals surface area contributed by atoms with Crippen molar-refractivity contribution < 1.29 is 4.79 Å². The van der Waals surface area contributed by atoms with Crippen molar-refractivity contribution in [3.8, 4) is 0 Å². The van der Waals surface area contributed by atoms with E-state index in [4.69, 9.17) is 0 Å². The summed E-state index contributed by atoms with van der Waals surface area (Å²) in [6, 6.07) is 5.99. The molecule has 4 rings (SSSR count). The second-order valence-corrected chi connectivity index (χ2v) is 8.31. The minimum atomic E-state index is 0.156. The van der Waals surface area contributed by atoms with Gasteiger partial charge in [0.2, 0.25) is 5.91 Å². The Hall–Kier alpha value is -2.15. The van der Waals surface area contributed by atoms with Gasteiger partial charge in [-0.1, -0.05) is 11.8 Å². The minimum absolute atomic E-state index is 0.156. The van der Waals surface area contributed by atoms with Crippen molar-refractivity contribution >= 4 is 23.5 Å². The molecule has 142 valence electrons. The molecule has 0 aliphatic carbocycles. The predicted molar refractivity (Wildman–Crippen MR) is 107 cm³/mol. The lowest BCUT2D eigenvalue weighted by Crippen LogP contribution is -2.54. The Bertz CT molecular complexity index is 802. The summed E-state index contributed by atoms with van der Waals surface area (Å²) in [4.78, 5) is 30.0. The van der Waals surface area contributed by atoms with Gasteiger partial charge in [-0.15, -0.1) is 0 Å². The van der Waals surface area contributed by atoms with Gasteiger partial charge in [-0.05, 0) is 49.3 Å². The molecule has 27 heavy (non-hydrogen) atoms. The molecular formula is C20H25N5OS. The Morgan fingerprint density at radius 1 is 1.15 bits per heavy atom. The van der Waals surface area contributed by atoms with E-state index in [2.05, 4.69) is 19.9 Å². The van der Waals surface area contributed by atoms with Crippen LogP contribution in [-0.2, 0) is 11.3 Å². The van der Waals surface area contributed by atoms with Crippen molar-refractivity contribution in [1.82, 2.24) is 19.9 Å². The van der Waals surface area contributed by atoms with E-state index in [0.717, 1.165) is 49.0 Å². The molecular weight excluding hydrogens is 358 g/mol. The third-order valence-electron chi connectivity index (χ3n) is 5.66. The Kier molecular flexibility index (Phi) is 5.29. The molecule has 1 amide bonds. The monoisotopic (exact) mass is 383 g/mol. The molecule has 0 bridgehead atoms. The Morgan fingerprint density at radius 2 is 2.00 bits per heavy atom. The van der Waals surface area contributed by atoms with E-state index in [9.17, 15) is 4.79 Å². The number of hydrogen-bond acceptors (Lipinski definition) is 6. The second-order valence-electron chi connectivity index (χ2n) is 7.53. The van der Waals surface area contributed by atoms with E-state index in [0.29, 0.717) is 13.0 Å². The fourth-order valence-electron chi connectivity index (χ4n) is 4.30. The number of thioether (sulfide) groups is 1. The van der Waals surface area contributed by atoms with Gasteiger partial charge in [-0.2, -0.15) is 0 Å². The Balaban J connectivity index is 1.50. The van der Waals surface area contributed by atoms with Gasteiger partial charge in [0.25, 0.3) is 0 Å². The highest BCUT2D eigenvalue weighted by atomic mass is 32.2. The lowest BCUT2D eigenvalue weighted by Gasteiger charge is -2.48. The first-order chi connectivity index (χ1) is 13.2. The molecule has 1 unspecified atom stereocenters. The molecule has 2 aliphatic heterocycles. The van der Waals surface area contributed by atoms with E-state index in [-0.39, 0.29) is 11.3 Å². The van der Waals surface area contributed by atoms with Crippen LogP contribution < -0.4 is 4.90 Å². The van der Waals surface area contributed by atoms with Crippen molar-refractivity contribution in [2.24, 2.45) is 5.41 Å². The SMILES string of the molecule is CSc1nccc(N2CCCC3(CCC(=O)N(Cc4ccncc4)C3)C2)n1. The average molecular weight is 384 g/mol. The number of carbonyl (C=O) groups is 1. The maximum Gasteiger partial charge on any atom is 0.222 e. The van der Waals surface area contributed by atoms with Crippen LogP contribution in [0, 0.1) is 5.41 Å². The maximum absolute atomic E-state index is 12.5. The van der Waals surface area contributed by atoms with E-state index < -0.39 is 0 Å². The summed E-state index contributed by atoms with van der Waals surface area (Å²) in [5, 5.41) is 0.810. The number of anilines is 1. The van der Waals surface area contributed by atoms with Gasteiger partial charge in [-0.25, -0.2) is 9.97 Å². The number of carbonyl (C=O) groups excluding carboxylic acids is 1. The van der Waals surface area contributed by atoms with Gasteiger partial charge in [0.1, 0.15) is 5.82 Å². The summed E-state index contributed by atoms with van der Waals surface area (Å²) < 4.78 is 0. The van der Waals surface area contributed by atoms with Crippen LogP contribution >= 0.6 is 11.8 Å². The van der Waals surface area contributed by atoms with Crippen LogP contribution in [0.4, 0.5) is 5.82 Å². The molecule has 2 aliphatic rings. The molecule has 2 aromatic rings. The Morgan fingerprint density at radius 3 is 2.81 bits per heavy atom. The van der Waals surface area contributed by atoms with Crippen LogP contribution in [0.5, 0.6) is 0 Å². The highest BCUT2D eigenvalue weighted by molar-refractivity contribution is 7.98. The highest BCUT2D eigenvalue weighted by Gasteiger charge is 2.42. The second kappa shape index (κ2) is 7.84. The molecule has 4 heterocycles. The van der Waals surface area contributed by atoms with E-state index >= 15 is 0 Å². The van der Waals surface area contributed by atoms with Gasteiger partial charge < -0.3 is 9.80 Å². The van der Waals surface area contributed by atoms with Crippen molar-refractivity contribution in [1.29, 1.82) is 0 Å². The number of amides is 1. The van der Waals surface area contributed by atoms with Crippen molar-refractivity contribution in [3.05, 3.63) is 42.4 Å². The van der Waals surface area contributed by atoms with Crippen molar-refractivity contribution in [2.75, 3.05) is 30.8 Å². The van der Waals surface area contributed by atoms with Crippen LogP contribution in [0.1, 0.15) is 31.2 Å². The summed E-state index contributed by atoms with van der Waals surface area (Å²) >= 11 is 1.57. The fraction of sp³-hybridized carbons (Fsp3) is 0.500. The maximum atomic E-state index is 12.5. The van der Waals surface area contributed by atoms with E-state index in [1.165, 1.54) is 6.42 Å². The number of likely N-dealkylation sites (tertiary alicyclic amines) is 1. The molecule has 0 radical (unpaired) electrons. The molecule has 7 heteroatoms. The smallest absolute Gasteiger partial charge is 0.222 e. The highest BCUT2D eigenvalue weighted by Crippen LogP contribution is 2.40. The molecule has 1 spiro atoms. The molecule has 2 aromatic heterocycles. The van der Waals surface area contributed by atoms with Crippen molar-refractivity contribution in [2.45, 2.75) is 37.4 Å². The minimum Gasteiger partial charge on any atom is -0.356 e. The van der Waals surface area contributed by atoms with E-state index in [1.54, 1.807) is 24.2 Å². The first-order valence-corrected chi connectivity index (χ1v) is 10.7. The third kappa shape index (κ3) is 4.08. The van der Waals surface area contributed by atoms with Gasteiger partial charge in [0.05, 0.1) is 0 Å². The van der Waals surface area contributed by atoms with Gasteiger partial charge in [0, 0.05) is 56.6 Å². The van der Waals surface area contributed by atoms with Crippen LogP contribution in [0.2, 0.25) is 0 Å². The largest absolute Gasteiger partial charge is 0.356 e. The molecule has 2 saturated heterocycles. The van der Waals surface area contributed by atoms with Gasteiger partial charge in [-0.3, -0.25) is 9.78 Å². The standard InChI is InChI=1S/C20H25N5OS/c1-27-19-22-11-6-17(23-19)24-12-2-7-20(14-24)8-3-18(26)25(15-20)13-16-4-9-21-10-5-16/h4-6,9-11H,2-3,7-8,12-15H2,1H3. The molecule has 0 N–H and O–H groups in total. The summed E-state index contributed by atoms with van der Waals surface area (Å²) in [6.45, 7) is 3.47. The molecule has 6 nitrogen and oxygen atoms in total. The number of aromatic nitrogens is 3. The number of pyridine rings is 1. The number of hydrogen-bond donors (Lipinski definition) is 0. The quantitative estimate of drug-likeness (QED) is 0.597. The van der Waals surface area contributed by atoms with Crippen LogP contribution in [0.3, 0.4) is 0 Å². The third-order valence-corrected chi connectivity index (χ3v) is 6.22. The Labute approximate surface area is 164 Å². The lowest BCUT2D eigenvalue weighted by molar-refractivity contribution is -0.138. The summed E-state index contributed by atoms with van der Waals surface area (Å²) in [5.74, 6) is 1.27. The summed E-state index contributed by atoms with van der Waals surface area (Å²) in [6.07, 6.45) is 11.3. The zero-order valence-electron chi connectivity index (χ0n) is 15.7. The number of nitrogens with zero attached hydrogens (tertiary/aromatic N) is 5. The zero-order valence-corrected chi connectivity index (χ0v) is 16.5. The first kappa shape index (κ1) is 18.2. The topological polar surface area (TPSA) is 62.2 Å². The summed E-state index contributed by atoms with van der Waals surface area (Å²) in [7, 11) is 0. The summed E-state index contributed by atoms with van der Waals surface area (Å²) in [5.41, 5.74) is 1.30. The molecule has 1 atom stereocenters. The molecule has 0 aromatic carbocycles. The molecule has 2 fully saturated rings. The number of piperidine rings is 2. The normalized spacial score (nSPS) is 23.1. The van der Waals surface area contributed by atoms with Crippen molar-refractivity contribution in [3.63, 3.8) is 0 Å². The fourth-order valence-corrected chi connectivity index (χ4v) is 4.65. The number of rotatable bonds is 4. The lowest BCUT2D eigenvalue weighted by atomic mass is 9.73. The van der Waals surface area contributed by atoms with E-state index in [1.807, 2.05) is 35.6 Å². The van der Waals surface area contributed by atoms with Crippen LogP contribution in [0.15, 0.2) is 41.9 Å². The van der Waals surface area contributed by atoms with Gasteiger partial charge in [0.15, 0.2) is 5.16 Å². The van der Waals surface area contributed by atoms with Gasteiger partial charge >= 0.3 is 0 Å². The average Bonchev–Trinajstić information content (AvgIpc) is 2.72. The zero-order chi connectivity index (χ0) is 18.7. The molecule has 0 saturated carbocycles. The predicted octanol–water partition coefficient (Wildman–Crippen LogP) is 3.00. The first-order valence-electron chi connectivity index (χ1n) is 9.46. The van der Waals surface area contributed by atoms with Crippen LogP contribution in [0.25, 0.3) is 0 Å². The van der Waals surface area contributed by atoms with Crippen LogP contribution in [-0.4, -0.2) is 51.6 Å².